The number of likely N-dealkylation sites (tertiary alicyclic amines) is 1. The number of piperidine rings is 1. The zero-order valence-corrected chi connectivity index (χ0v) is 15.3. The Morgan fingerprint density at radius 2 is 1.83 bits per heavy atom. The first kappa shape index (κ1) is 20.4. The van der Waals surface area contributed by atoms with E-state index in [-0.39, 0.29) is 36.2 Å². The molecule has 0 saturated carbocycles. The van der Waals surface area contributed by atoms with Crippen molar-refractivity contribution in [2.75, 3.05) is 33.3 Å². The second kappa shape index (κ2) is 9.61. The van der Waals surface area contributed by atoms with Gasteiger partial charge >= 0.3 is 5.97 Å². The quantitative estimate of drug-likeness (QED) is 0.685. The lowest BCUT2D eigenvalue weighted by Gasteiger charge is -2.32. The van der Waals surface area contributed by atoms with Crippen LogP contribution in [0.4, 0.5) is 0 Å². The summed E-state index contributed by atoms with van der Waals surface area (Å²) in [6.07, 6.45) is 2.03. The van der Waals surface area contributed by atoms with E-state index in [9.17, 15) is 14.4 Å². The second-order valence-corrected chi connectivity index (χ2v) is 6.51. The van der Waals surface area contributed by atoms with E-state index in [0.717, 1.165) is 6.42 Å². The summed E-state index contributed by atoms with van der Waals surface area (Å²) in [7, 11) is 1.60. The Labute approximate surface area is 144 Å². The largest absolute Gasteiger partial charge is 0.466 e. The van der Waals surface area contributed by atoms with E-state index in [2.05, 4.69) is 0 Å². The first-order valence-corrected chi connectivity index (χ1v) is 8.76. The maximum absolute atomic E-state index is 12.4. The summed E-state index contributed by atoms with van der Waals surface area (Å²) in [5.74, 6) is -0.553. The van der Waals surface area contributed by atoms with E-state index >= 15 is 0 Å². The molecule has 2 unspecified atom stereocenters. The van der Waals surface area contributed by atoms with Crippen LogP contribution in [-0.2, 0) is 19.1 Å². The minimum absolute atomic E-state index is 0.0209. The van der Waals surface area contributed by atoms with E-state index in [1.54, 1.807) is 18.9 Å². The number of likely N-dealkylation sites (N-methyl/N-ethyl adjacent to an activating group) is 1. The van der Waals surface area contributed by atoms with Crippen molar-refractivity contribution in [3.63, 3.8) is 0 Å². The van der Waals surface area contributed by atoms with Crippen molar-refractivity contribution in [3.05, 3.63) is 0 Å². The molecule has 2 N–H and O–H groups in total. The van der Waals surface area contributed by atoms with Crippen LogP contribution in [0.5, 0.6) is 0 Å². The van der Waals surface area contributed by atoms with Gasteiger partial charge in [0.25, 0.3) is 0 Å². The highest BCUT2D eigenvalue weighted by atomic mass is 16.5. The number of amides is 2. The predicted molar refractivity (Wildman–Crippen MR) is 91.0 cm³/mol. The average molecular weight is 341 g/mol. The molecule has 1 heterocycles. The normalized spacial score (nSPS) is 18.0. The van der Waals surface area contributed by atoms with Crippen molar-refractivity contribution >= 4 is 17.8 Å². The summed E-state index contributed by atoms with van der Waals surface area (Å²) < 4.78 is 5.02. The molecule has 1 saturated heterocycles. The zero-order valence-electron chi connectivity index (χ0n) is 15.3. The first-order chi connectivity index (χ1) is 11.3. The Morgan fingerprint density at radius 1 is 1.25 bits per heavy atom. The summed E-state index contributed by atoms with van der Waals surface area (Å²) in [6.45, 7) is 7.13. The third-order valence-electron chi connectivity index (χ3n) is 4.76. The van der Waals surface area contributed by atoms with Crippen LogP contribution < -0.4 is 5.73 Å². The number of nitrogens with two attached hydrogens (primary N) is 1. The van der Waals surface area contributed by atoms with Crippen LogP contribution in [0.1, 0.15) is 40.0 Å². The van der Waals surface area contributed by atoms with Gasteiger partial charge in [0.05, 0.1) is 25.1 Å². The molecule has 0 bridgehead atoms. The standard InChI is InChI=1S/C17H31N3O4/c1-5-12(3)15(18)16(22)19(4)11-14(21)20-9-7-13(8-10-20)17(23)24-6-2/h12-13,15H,5-11,18H2,1-4H3. The van der Waals surface area contributed by atoms with Crippen LogP contribution in [-0.4, -0.2) is 66.9 Å². The van der Waals surface area contributed by atoms with Crippen LogP contribution in [0, 0.1) is 11.8 Å². The number of rotatable bonds is 7. The van der Waals surface area contributed by atoms with E-state index < -0.39 is 6.04 Å². The molecule has 0 aliphatic carbocycles. The molecule has 7 nitrogen and oxygen atoms in total. The fourth-order valence-electron chi connectivity index (χ4n) is 2.76. The lowest BCUT2D eigenvalue weighted by atomic mass is 9.97. The van der Waals surface area contributed by atoms with Gasteiger partial charge in [-0.05, 0) is 25.7 Å². The summed E-state index contributed by atoms with van der Waals surface area (Å²) in [4.78, 5) is 39.4. The van der Waals surface area contributed by atoms with Gasteiger partial charge in [-0.25, -0.2) is 0 Å². The van der Waals surface area contributed by atoms with Crippen molar-refractivity contribution in [1.29, 1.82) is 0 Å². The summed E-state index contributed by atoms with van der Waals surface area (Å²) in [5, 5.41) is 0. The smallest absolute Gasteiger partial charge is 0.309 e. The first-order valence-electron chi connectivity index (χ1n) is 8.76. The van der Waals surface area contributed by atoms with Gasteiger partial charge in [-0.2, -0.15) is 0 Å². The highest BCUT2D eigenvalue weighted by molar-refractivity contribution is 5.87. The minimum Gasteiger partial charge on any atom is -0.466 e. The molecule has 138 valence electrons. The van der Waals surface area contributed by atoms with Crippen LogP contribution in [0.2, 0.25) is 0 Å². The molecule has 1 aliphatic rings. The summed E-state index contributed by atoms with van der Waals surface area (Å²) in [6, 6.07) is -0.581. The highest BCUT2D eigenvalue weighted by Gasteiger charge is 2.30. The van der Waals surface area contributed by atoms with Gasteiger partial charge in [-0.15, -0.1) is 0 Å². The molecule has 0 aromatic carbocycles. The molecule has 0 aromatic rings. The fraction of sp³-hybridized carbons (Fsp3) is 0.824. The van der Waals surface area contributed by atoms with Gasteiger partial charge in [0, 0.05) is 20.1 Å². The van der Waals surface area contributed by atoms with Gasteiger partial charge in [0.15, 0.2) is 0 Å². The molecule has 2 atom stereocenters. The van der Waals surface area contributed by atoms with Crippen LogP contribution in [0.25, 0.3) is 0 Å². The van der Waals surface area contributed by atoms with E-state index in [1.807, 2.05) is 13.8 Å². The Bertz CT molecular complexity index is 447. The van der Waals surface area contributed by atoms with E-state index in [0.29, 0.717) is 32.5 Å². The molecule has 1 fully saturated rings. The monoisotopic (exact) mass is 341 g/mol. The van der Waals surface area contributed by atoms with Gasteiger partial charge < -0.3 is 20.3 Å². The molecule has 1 rings (SSSR count). The molecule has 0 radical (unpaired) electrons. The molecule has 0 spiro atoms. The van der Waals surface area contributed by atoms with E-state index in [4.69, 9.17) is 10.5 Å². The van der Waals surface area contributed by atoms with Gasteiger partial charge in [0.1, 0.15) is 0 Å². The Morgan fingerprint density at radius 3 is 2.33 bits per heavy atom. The Hall–Kier alpha value is -1.63. The maximum Gasteiger partial charge on any atom is 0.309 e. The maximum atomic E-state index is 12.4. The Kier molecular flexibility index (Phi) is 8.18. The summed E-state index contributed by atoms with van der Waals surface area (Å²) >= 11 is 0. The van der Waals surface area contributed by atoms with Crippen molar-refractivity contribution in [1.82, 2.24) is 9.80 Å². The third-order valence-corrected chi connectivity index (χ3v) is 4.76. The lowest BCUT2D eigenvalue weighted by molar-refractivity contribution is -0.151. The number of hydrogen-bond acceptors (Lipinski definition) is 5. The van der Waals surface area contributed by atoms with Crippen LogP contribution >= 0.6 is 0 Å². The van der Waals surface area contributed by atoms with Crippen molar-refractivity contribution in [2.24, 2.45) is 17.6 Å². The average Bonchev–Trinajstić information content (AvgIpc) is 2.59. The highest BCUT2D eigenvalue weighted by Crippen LogP contribution is 2.19. The lowest BCUT2D eigenvalue weighted by Crippen LogP contribution is -2.50. The number of esters is 1. The third kappa shape index (κ3) is 5.47. The number of nitrogens with zero attached hydrogens (tertiary/aromatic N) is 2. The van der Waals surface area contributed by atoms with Crippen molar-refractivity contribution < 1.29 is 19.1 Å². The second-order valence-electron chi connectivity index (χ2n) is 6.51. The molecular formula is C17H31N3O4. The number of carbonyl (C=O) groups is 3. The molecule has 7 heteroatoms. The van der Waals surface area contributed by atoms with Gasteiger partial charge in [-0.1, -0.05) is 20.3 Å². The van der Waals surface area contributed by atoms with Gasteiger partial charge in [0.2, 0.25) is 11.8 Å². The Balaban J connectivity index is 2.46. The molecule has 24 heavy (non-hydrogen) atoms. The van der Waals surface area contributed by atoms with Crippen molar-refractivity contribution in [3.8, 4) is 0 Å². The topological polar surface area (TPSA) is 92.9 Å². The van der Waals surface area contributed by atoms with E-state index in [1.165, 1.54) is 4.90 Å². The SMILES string of the molecule is CCOC(=O)C1CCN(C(=O)CN(C)C(=O)C(N)C(C)CC)CC1. The summed E-state index contributed by atoms with van der Waals surface area (Å²) in [5.41, 5.74) is 5.94. The van der Waals surface area contributed by atoms with Crippen LogP contribution in [0.15, 0.2) is 0 Å². The molecule has 1 aliphatic heterocycles. The number of ether oxygens (including phenoxy) is 1. The number of hydrogen-bond donors (Lipinski definition) is 1. The van der Waals surface area contributed by atoms with Gasteiger partial charge in [-0.3, -0.25) is 14.4 Å². The predicted octanol–water partition coefficient (Wildman–Crippen LogP) is 0.620. The molecular weight excluding hydrogens is 310 g/mol. The minimum atomic E-state index is -0.581. The fourth-order valence-corrected chi connectivity index (χ4v) is 2.76. The van der Waals surface area contributed by atoms with Crippen LogP contribution in [0.3, 0.4) is 0 Å². The number of carbonyl (C=O) groups excluding carboxylic acids is 3. The molecule has 0 aromatic heterocycles. The van der Waals surface area contributed by atoms with Crippen molar-refractivity contribution in [2.45, 2.75) is 46.1 Å². The molecule has 2 amide bonds. The zero-order chi connectivity index (χ0) is 18.3.